The summed E-state index contributed by atoms with van der Waals surface area (Å²) >= 11 is 0. The van der Waals surface area contributed by atoms with E-state index in [0.29, 0.717) is 5.75 Å². The Balaban J connectivity index is 2.85. The smallest absolute Gasteiger partial charge is 0.352 e. The maximum atomic E-state index is 11.0. The van der Waals surface area contributed by atoms with Crippen LogP contribution in [0.4, 0.5) is 0 Å². The zero-order valence-corrected chi connectivity index (χ0v) is 8.97. The Hall–Kier alpha value is -2.04. The average Bonchev–Trinajstić information content (AvgIpc) is 2.25. The molecule has 0 aromatic heterocycles. The van der Waals surface area contributed by atoms with Crippen molar-refractivity contribution >= 4 is 11.8 Å². The fourth-order valence-corrected chi connectivity index (χ4v) is 1.12. The van der Waals surface area contributed by atoms with Crippen LogP contribution in [0.2, 0.25) is 0 Å². The molecule has 16 heavy (non-hydrogen) atoms. The van der Waals surface area contributed by atoms with Gasteiger partial charge in [-0.05, 0) is 19.1 Å². The first-order valence-electron chi connectivity index (χ1n) is 4.58. The van der Waals surface area contributed by atoms with Gasteiger partial charge < -0.3 is 14.6 Å². The molecule has 0 heterocycles. The van der Waals surface area contributed by atoms with Crippen LogP contribution in [0, 0.1) is 0 Å². The number of ketones is 1. The highest BCUT2D eigenvalue weighted by molar-refractivity contribution is 6.00. The van der Waals surface area contributed by atoms with Crippen LogP contribution in [0.25, 0.3) is 0 Å². The van der Waals surface area contributed by atoms with E-state index in [2.05, 4.69) is 0 Å². The molecule has 0 radical (unpaired) electrons. The molecule has 0 spiro atoms. The summed E-state index contributed by atoms with van der Waals surface area (Å²) in [6.07, 6.45) is -1.48. The number of carbonyl (C=O) groups excluding carboxylic acids is 1. The Bertz CT molecular complexity index is 385. The van der Waals surface area contributed by atoms with Crippen LogP contribution in [0.5, 0.6) is 11.5 Å². The first kappa shape index (κ1) is 12.0. The molecule has 1 atom stereocenters. The van der Waals surface area contributed by atoms with Crippen molar-refractivity contribution < 1.29 is 24.2 Å². The van der Waals surface area contributed by atoms with Crippen LogP contribution in [0.3, 0.4) is 0 Å². The summed E-state index contributed by atoms with van der Waals surface area (Å²) in [4.78, 5) is 21.7. The third-order valence-electron chi connectivity index (χ3n) is 1.89. The molecule has 0 amide bonds. The molecule has 5 heteroatoms. The number of benzene rings is 1. The summed E-state index contributed by atoms with van der Waals surface area (Å²) in [5.74, 6) is -1.06. The predicted octanol–water partition coefficient (Wildman–Crippen LogP) is 1.12. The van der Waals surface area contributed by atoms with Crippen molar-refractivity contribution in [1.29, 1.82) is 0 Å². The van der Waals surface area contributed by atoms with E-state index < -0.39 is 17.9 Å². The number of hydrogen-bond acceptors (Lipinski definition) is 4. The van der Waals surface area contributed by atoms with Crippen molar-refractivity contribution in [1.82, 2.24) is 0 Å². The first-order chi connectivity index (χ1) is 7.54. The van der Waals surface area contributed by atoms with Crippen LogP contribution < -0.4 is 9.47 Å². The Morgan fingerprint density at radius 3 is 2.44 bits per heavy atom. The van der Waals surface area contributed by atoms with Crippen molar-refractivity contribution in [3.63, 3.8) is 0 Å². The molecule has 1 aromatic carbocycles. The van der Waals surface area contributed by atoms with Gasteiger partial charge in [0.1, 0.15) is 11.5 Å². The van der Waals surface area contributed by atoms with Crippen LogP contribution in [-0.2, 0) is 9.59 Å². The van der Waals surface area contributed by atoms with E-state index in [-0.39, 0.29) is 5.75 Å². The number of aliphatic carboxylic acids is 1. The largest absolute Gasteiger partial charge is 0.497 e. The molecule has 5 nitrogen and oxygen atoms in total. The highest BCUT2D eigenvalue weighted by Crippen LogP contribution is 2.20. The van der Waals surface area contributed by atoms with Crippen LogP contribution in [0.15, 0.2) is 24.3 Å². The highest BCUT2D eigenvalue weighted by atomic mass is 16.5. The monoisotopic (exact) mass is 224 g/mol. The van der Waals surface area contributed by atoms with Gasteiger partial charge in [0.25, 0.3) is 6.10 Å². The topological polar surface area (TPSA) is 72.8 Å². The highest BCUT2D eigenvalue weighted by Gasteiger charge is 2.24. The summed E-state index contributed by atoms with van der Waals surface area (Å²) in [5.41, 5.74) is 0. The lowest BCUT2D eigenvalue weighted by Crippen LogP contribution is -2.33. The molecule has 1 aromatic rings. The van der Waals surface area contributed by atoms with Crippen molar-refractivity contribution in [2.24, 2.45) is 0 Å². The Morgan fingerprint density at radius 2 is 1.94 bits per heavy atom. The molecule has 86 valence electrons. The predicted molar refractivity (Wildman–Crippen MR) is 55.7 cm³/mol. The Kier molecular flexibility index (Phi) is 3.88. The number of methoxy groups -OCH3 is 1. The molecule has 1 unspecified atom stereocenters. The van der Waals surface area contributed by atoms with Gasteiger partial charge in [-0.3, -0.25) is 4.79 Å². The summed E-state index contributed by atoms with van der Waals surface area (Å²) < 4.78 is 10.00. The Labute approximate surface area is 92.6 Å². The van der Waals surface area contributed by atoms with Crippen molar-refractivity contribution in [2.75, 3.05) is 7.11 Å². The third kappa shape index (κ3) is 2.98. The molecule has 1 rings (SSSR count). The van der Waals surface area contributed by atoms with Gasteiger partial charge in [-0.1, -0.05) is 6.07 Å². The maximum absolute atomic E-state index is 11.0. The minimum atomic E-state index is -1.48. The second kappa shape index (κ2) is 5.16. The number of ether oxygens (including phenoxy) is 2. The molecule has 0 bridgehead atoms. The molecule has 0 saturated heterocycles. The van der Waals surface area contributed by atoms with E-state index in [0.717, 1.165) is 0 Å². The standard InChI is InChI=1S/C11H12O5/c1-7(12)10(11(13)14)16-9-5-3-4-8(6-9)15-2/h3-6,10H,1-2H3,(H,13,14). The number of carboxylic acid groups (broad SMARTS) is 1. The van der Waals surface area contributed by atoms with E-state index in [1.54, 1.807) is 18.2 Å². The van der Waals surface area contributed by atoms with Crippen molar-refractivity contribution in [2.45, 2.75) is 13.0 Å². The van der Waals surface area contributed by atoms with Crippen LogP contribution in [-0.4, -0.2) is 30.1 Å². The minimum Gasteiger partial charge on any atom is -0.497 e. The van der Waals surface area contributed by atoms with Gasteiger partial charge in [-0.25, -0.2) is 4.79 Å². The molecule has 0 saturated carbocycles. The number of rotatable bonds is 5. The first-order valence-corrected chi connectivity index (χ1v) is 4.58. The lowest BCUT2D eigenvalue weighted by atomic mass is 10.2. The van der Waals surface area contributed by atoms with Gasteiger partial charge in [0, 0.05) is 6.07 Å². The van der Waals surface area contributed by atoms with Crippen LogP contribution >= 0.6 is 0 Å². The Morgan fingerprint density at radius 1 is 1.31 bits per heavy atom. The summed E-state index contributed by atoms with van der Waals surface area (Å²) in [7, 11) is 1.48. The normalized spacial score (nSPS) is 11.6. The summed E-state index contributed by atoms with van der Waals surface area (Å²) in [6, 6.07) is 6.41. The van der Waals surface area contributed by atoms with Gasteiger partial charge in [0.05, 0.1) is 7.11 Å². The molecule has 1 N–H and O–H groups in total. The summed E-state index contributed by atoms with van der Waals surface area (Å²) in [5, 5.41) is 8.75. The SMILES string of the molecule is COc1cccc(OC(C(C)=O)C(=O)O)c1. The fourth-order valence-electron chi connectivity index (χ4n) is 1.12. The third-order valence-corrected chi connectivity index (χ3v) is 1.89. The number of carboxylic acids is 1. The quantitative estimate of drug-likeness (QED) is 0.758. The number of carbonyl (C=O) groups is 2. The maximum Gasteiger partial charge on any atom is 0.352 e. The van der Waals surface area contributed by atoms with Gasteiger partial charge in [-0.2, -0.15) is 0 Å². The van der Waals surface area contributed by atoms with Gasteiger partial charge in [0.15, 0.2) is 5.78 Å². The fraction of sp³-hybridized carbons (Fsp3) is 0.273. The number of Topliss-reactive ketones (excluding diaryl/α,β-unsaturated/α-hetero) is 1. The number of hydrogen-bond donors (Lipinski definition) is 1. The van der Waals surface area contributed by atoms with Crippen LogP contribution in [0.1, 0.15) is 6.92 Å². The minimum absolute atomic E-state index is 0.280. The van der Waals surface area contributed by atoms with Gasteiger partial charge in [-0.15, -0.1) is 0 Å². The van der Waals surface area contributed by atoms with Gasteiger partial charge in [0.2, 0.25) is 0 Å². The zero-order chi connectivity index (χ0) is 12.1. The molecule has 0 aliphatic rings. The van der Waals surface area contributed by atoms with E-state index in [9.17, 15) is 9.59 Å². The van der Waals surface area contributed by atoms with E-state index in [4.69, 9.17) is 14.6 Å². The van der Waals surface area contributed by atoms with E-state index in [1.807, 2.05) is 0 Å². The lowest BCUT2D eigenvalue weighted by molar-refractivity contribution is -0.149. The molecular weight excluding hydrogens is 212 g/mol. The zero-order valence-electron chi connectivity index (χ0n) is 8.97. The van der Waals surface area contributed by atoms with E-state index >= 15 is 0 Å². The molecule has 0 fully saturated rings. The van der Waals surface area contributed by atoms with E-state index in [1.165, 1.54) is 20.1 Å². The molecule has 0 aliphatic heterocycles. The van der Waals surface area contributed by atoms with Gasteiger partial charge >= 0.3 is 5.97 Å². The average molecular weight is 224 g/mol. The van der Waals surface area contributed by atoms with Crippen molar-refractivity contribution in [3.8, 4) is 11.5 Å². The lowest BCUT2D eigenvalue weighted by Gasteiger charge is -2.12. The second-order valence-corrected chi connectivity index (χ2v) is 3.13. The summed E-state index contributed by atoms with van der Waals surface area (Å²) in [6.45, 7) is 1.17. The molecular formula is C11H12O5. The van der Waals surface area contributed by atoms with Crippen molar-refractivity contribution in [3.05, 3.63) is 24.3 Å². The second-order valence-electron chi connectivity index (χ2n) is 3.13. The molecule has 0 aliphatic carbocycles.